The van der Waals surface area contributed by atoms with E-state index in [9.17, 15) is 19.2 Å². The Morgan fingerprint density at radius 2 is 1.38 bits per heavy atom. The second kappa shape index (κ2) is 13.4. The lowest BCUT2D eigenvalue weighted by Gasteiger charge is -2.44. The molecular weight excluding hydrogens is 508 g/mol. The molecule has 10 nitrogen and oxygen atoms in total. The summed E-state index contributed by atoms with van der Waals surface area (Å²) < 4.78 is 33.7. The van der Waals surface area contributed by atoms with Gasteiger partial charge in [-0.1, -0.05) is 36.3 Å². The normalized spacial score (nSPS) is 22.1. The molecule has 0 amide bonds. The molecule has 1 heterocycles. The van der Waals surface area contributed by atoms with Crippen molar-refractivity contribution in [1.29, 1.82) is 0 Å². The van der Waals surface area contributed by atoms with Gasteiger partial charge in [0.05, 0.1) is 0 Å². The Labute approximate surface area is 226 Å². The first kappa shape index (κ1) is 29.2. The average Bonchev–Trinajstić information content (AvgIpc) is 2.87. The third-order valence-corrected chi connectivity index (χ3v) is 5.68. The monoisotopic (exact) mass is 538 g/mol. The maximum atomic E-state index is 12.1. The number of hydrogen-bond acceptors (Lipinski definition) is 10. The molecule has 0 N–H and O–H groups in total. The van der Waals surface area contributed by atoms with Gasteiger partial charge >= 0.3 is 23.9 Å². The summed E-state index contributed by atoms with van der Waals surface area (Å²) in [5.41, 5.74) is 2.49. The molecule has 1 fully saturated rings. The first-order valence-electron chi connectivity index (χ1n) is 12.2. The minimum absolute atomic E-state index is 0.346. The maximum absolute atomic E-state index is 12.1. The van der Waals surface area contributed by atoms with E-state index in [1.807, 2.05) is 36.4 Å². The summed E-state index contributed by atoms with van der Waals surface area (Å²) in [6.45, 7) is 4.34. The number of terminal acetylenes is 1. The van der Waals surface area contributed by atoms with Crippen LogP contribution in [0.5, 0.6) is 5.75 Å². The molecule has 5 atom stereocenters. The molecule has 1 aliphatic rings. The number of ether oxygens (including phenoxy) is 6. The Hall–Kier alpha value is -4.36. The highest BCUT2D eigenvalue weighted by Gasteiger charge is 2.53. The lowest BCUT2D eigenvalue weighted by atomic mass is 9.98. The average molecular weight is 539 g/mol. The van der Waals surface area contributed by atoms with Gasteiger partial charge in [-0.3, -0.25) is 19.2 Å². The summed E-state index contributed by atoms with van der Waals surface area (Å²) in [7, 11) is 0. The van der Waals surface area contributed by atoms with Crippen LogP contribution in [0.3, 0.4) is 0 Å². The lowest BCUT2D eigenvalue weighted by molar-refractivity contribution is -0.288. The molecule has 0 spiro atoms. The van der Waals surface area contributed by atoms with Crippen molar-refractivity contribution in [3.63, 3.8) is 0 Å². The highest BCUT2D eigenvalue weighted by atomic mass is 16.7. The van der Waals surface area contributed by atoms with Gasteiger partial charge in [-0.25, -0.2) is 0 Å². The van der Waals surface area contributed by atoms with E-state index >= 15 is 0 Å². The van der Waals surface area contributed by atoms with Crippen LogP contribution in [0.2, 0.25) is 0 Å². The summed E-state index contributed by atoms with van der Waals surface area (Å²) in [4.78, 5) is 47.5. The fourth-order valence-electron chi connectivity index (χ4n) is 4.11. The predicted octanol–water partition coefficient (Wildman–Crippen LogP) is 2.72. The summed E-state index contributed by atoms with van der Waals surface area (Å²) in [5, 5.41) is 0. The zero-order valence-corrected chi connectivity index (χ0v) is 22.1. The van der Waals surface area contributed by atoms with Crippen LogP contribution in [0.1, 0.15) is 44.4 Å². The summed E-state index contributed by atoms with van der Waals surface area (Å²) in [6, 6.07) is 14.6. The van der Waals surface area contributed by atoms with E-state index in [-0.39, 0.29) is 6.61 Å². The number of benzene rings is 2. The molecule has 2 aromatic carbocycles. The van der Waals surface area contributed by atoms with E-state index in [1.165, 1.54) is 13.8 Å². The second-order valence-electron chi connectivity index (χ2n) is 8.81. The van der Waals surface area contributed by atoms with E-state index in [0.29, 0.717) is 12.2 Å². The van der Waals surface area contributed by atoms with Gasteiger partial charge in [-0.05, 0) is 29.3 Å². The van der Waals surface area contributed by atoms with Crippen LogP contribution in [0.15, 0.2) is 48.5 Å². The largest absolute Gasteiger partial charge is 0.463 e. The summed E-state index contributed by atoms with van der Waals surface area (Å²) in [6.07, 6.45) is -0.417. The molecule has 206 valence electrons. The van der Waals surface area contributed by atoms with Crippen molar-refractivity contribution in [3.8, 4) is 18.1 Å². The Morgan fingerprint density at radius 3 is 1.97 bits per heavy atom. The molecule has 0 aliphatic carbocycles. The highest BCUT2D eigenvalue weighted by Crippen LogP contribution is 2.32. The van der Waals surface area contributed by atoms with Crippen LogP contribution in [0.4, 0.5) is 0 Å². The number of carbonyl (C=O) groups excluding carboxylic acids is 4. The van der Waals surface area contributed by atoms with E-state index in [0.717, 1.165) is 30.5 Å². The van der Waals surface area contributed by atoms with Crippen LogP contribution < -0.4 is 4.74 Å². The molecular formula is C29H30O10. The van der Waals surface area contributed by atoms with Gasteiger partial charge in [0.15, 0.2) is 12.2 Å². The zero-order valence-electron chi connectivity index (χ0n) is 22.1. The van der Waals surface area contributed by atoms with Crippen LogP contribution >= 0.6 is 0 Å². The molecule has 3 rings (SSSR count). The van der Waals surface area contributed by atoms with Gasteiger partial charge < -0.3 is 28.4 Å². The standard InChI is InChI=1S/C29H30O10/c1-6-21-11-13-22(14-12-21)15-23-9-7-8-10-24(23)38-29-28(37-20(5)33)27(36-19(4)32)26(35-18(3)31)25(39-29)16-34-17(2)30/h1,7-14,25-29H,15-16H2,2-5H3/t25-,26-,27+,28-,29-/m1/s1. The highest BCUT2D eigenvalue weighted by molar-refractivity contribution is 5.68. The molecule has 1 saturated heterocycles. The van der Waals surface area contributed by atoms with Crippen molar-refractivity contribution in [2.45, 2.75) is 64.8 Å². The number of carbonyl (C=O) groups is 4. The number of para-hydroxylation sites is 1. The minimum atomic E-state index is -1.33. The van der Waals surface area contributed by atoms with E-state index in [2.05, 4.69) is 5.92 Å². The van der Waals surface area contributed by atoms with Crippen LogP contribution in [-0.2, 0) is 49.3 Å². The first-order chi connectivity index (χ1) is 18.6. The van der Waals surface area contributed by atoms with Crippen LogP contribution in [-0.4, -0.2) is 61.2 Å². The molecule has 0 aromatic heterocycles. The van der Waals surface area contributed by atoms with Gasteiger partial charge in [-0.15, -0.1) is 6.42 Å². The molecule has 0 radical (unpaired) electrons. The summed E-state index contributed by atoms with van der Waals surface area (Å²) in [5.74, 6) is 0.224. The van der Waals surface area contributed by atoms with Crippen molar-refractivity contribution in [2.75, 3.05) is 6.61 Å². The van der Waals surface area contributed by atoms with Gasteiger partial charge in [0.1, 0.15) is 18.5 Å². The van der Waals surface area contributed by atoms with Crippen LogP contribution in [0, 0.1) is 12.3 Å². The lowest BCUT2D eigenvalue weighted by Crippen LogP contribution is -2.63. The number of rotatable bonds is 9. The minimum Gasteiger partial charge on any atom is -0.463 e. The fourth-order valence-corrected chi connectivity index (χ4v) is 4.11. The Balaban J connectivity index is 1.98. The van der Waals surface area contributed by atoms with Gasteiger partial charge in [0.2, 0.25) is 12.4 Å². The second-order valence-corrected chi connectivity index (χ2v) is 8.81. The van der Waals surface area contributed by atoms with Crippen molar-refractivity contribution in [3.05, 3.63) is 65.2 Å². The topological polar surface area (TPSA) is 124 Å². The number of hydrogen-bond donors (Lipinski definition) is 0. The SMILES string of the molecule is C#Cc1ccc(Cc2ccccc2O[C@@H]2O[C@H](COC(C)=O)[C@@H](OC(C)=O)[C@H](OC(C)=O)[C@H]2OC(C)=O)cc1. The molecule has 0 bridgehead atoms. The van der Waals surface area contributed by atoms with E-state index < -0.39 is 54.6 Å². The van der Waals surface area contributed by atoms with Gasteiger partial charge in [0.25, 0.3) is 0 Å². The van der Waals surface area contributed by atoms with Crippen molar-refractivity contribution in [2.24, 2.45) is 0 Å². The van der Waals surface area contributed by atoms with E-state index in [4.69, 9.17) is 34.8 Å². The third kappa shape index (κ3) is 8.32. The molecule has 2 aromatic rings. The maximum Gasteiger partial charge on any atom is 0.303 e. The molecule has 10 heteroatoms. The van der Waals surface area contributed by atoms with Crippen LogP contribution in [0.25, 0.3) is 0 Å². The van der Waals surface area contributed by atoms with Crippen molar-refractivity contribution in [1.82, 2.24) is 0 Å². The Bertz CT molecular complexity index is 1230. The predicted molar refractivity (Wildman–Crippen MR) is 136 cm³/mol. The molecule has 39 heavy (non-hydrogen) atoms. The molecule has 0 saturated carbocycles. The summed E-state index contributed by atoms with van der Waals surface area (Å²) >= 11 is 0. The van der Waals surface area contributed by atoms with Gasteiger partial charge in [0, 0.05) is 39.7 Å². The van der Waals surface area contributed by atoms with Crippen molar-refractivity contribution >= 4 is 23.9 Å². The number of esters is 4. The Kier molecular flexibility index (Phi) is 10.1. The van der Waals surface area contributed by atoms with Crippen molar-refractivity contribution < 1.29 is 47.6 Å². The quantitative estimate of drug-likeness (QED) is 0.267. The Morgan fingerprint density at radius 1 is 0.795 bits per heavy atom. The fraction of sp³-hybridized carbons (Fsp3) is 0.379. The molecule has 1 aliphatic heterocycles. The molecule has 0 unspecified atom stereocenters. The van der Waals surface area contributed by atoms with Gasteiger partial charge in [-0.2, -0.15) is 0 Å². The third-order valence-electron chi connectivity index (χ3n) is 5.68. The first-order valence-corrected chi connectivity index (χ1v) is 12.2. The smallest absolute Gasteiger partial charge is 0.303 e. The van der Waals surface area contributed by atoms with E-state index in [1.54, 1.807) is 12.1 Å². The zero-order chi connectivity index (χ0) is 28.5.